The number of anilines is 1. The van der Waals surface area contributed by atoms with Crippen LogP contribution >= 0.6 is 0 Å². The van der Waals surface area contributed by atoms with Crippen LogP contribution in [0.4, 0.5) is 19.0 Å². The Labute approximate surface area is 110 Å². The van der Waals surface area contributed by atoms with Gasteiger partial charge in [-0.25, -0.2) is 4.98 Å². The maximum atomic E-state index is 13.0. The fourth-order valence-corrected chi connectivity index (χ4v) is 2.60. The Morgan fingerprint density at radius 3 is 2.89 bits per heavy atom. The third-order valence-electron chi connectivity index (χ3n) is 3.49. The van der Waals surface area contributed by atoms with Crippen molar-refractivity contribution >= 4 is 5.82 Å². The molecule has 0 aliphatic carbocycles. The van der Waals surface area contributed by atoms with Gasteiger partial charge in [0.25, 0.3) is 0 Å². The maximum absolute atomic E-state index is 13.0. The van der Waals surface area contributed by atoms with Gasteiger partial charge in [-0.2, -0.15) is 13.2 Å². The number of nitrogens with zero attached hydrogens (tertiary/aromatic N) is 2. The topological polar surface area (TPSA) is 42.1 Å². The molecule has 6 heteroatoms. The zero-order valence-electron chi connectivity index (χ0n) is 10.7. The van der Waals surface area contributed by atoms with Crippen molar-refractivity contribution in [2.45, 2.75) is 25.4 Å². The van der Waals surface area contributed by atoms with Crippen molar-refractivity contribution in [1.82, 2.24) is 4.98 Å². The minimum Gasteiger partial charge on any atom is -0.356 e. The fraction of sp³-hybridized carbons (Fsp3) is 0.615. The molecule has 0 saturated carbocycles. The Morgan fingerprint density at radius 2 is 2.21 bits per heavy atom. The quantitative estimate of drug-likeness (QED) is 0.920. The lowest BCUT2D eigenvalue weighted by Gasteiger charge is -2.34. The molecule has 1 aromatic heterocycles. The molecular formula is C13H18F3N3. The lowest BCUT2D eigenvalue weighted by Crippen LogP contribution is -2.37. The minimum absolute atomic E-state index is 0.0525. The smallest absolute Gasteiger partial charge is 0.356 e. The van der Waals surface area contributed by atoms with Crippen LogP contribution in [0.1, 0.15) is 24.8 Å². The minimum atomic E-state index is -4.36. The third-order valence-corrected chi connectivity index (χ3v) is 3.49. The van der Waals surface area contributed by atoms with E-state index in [1.54, 1.807) is 4.90 Å². The number of rotatable bonds is 3. The number of piperidine rings is 1. The summed E-state index contributed by atoms with van der Waals surface area (Å²) in [6, 6.07) is 2.42. The van der Waals surface area contributed by atoms with Gasteiger partial charge in [-0.15, -0.1) is 0 Å². The molecule has 1 aliphatic heterocycles. The average Bonchev–Trinajstić information content (AvgIpc) is 2.38. The fourth-order valence-electron chi connectivity index (χ4n) is 2.60. The number of pyridine rings is 1. The molecule has 0 aromatic carbocycles. The van der Waals surface area contributed by atoms with Crippen LogP contribution in [0.25, 0.3) is 0 Å². The summed E-state index contributed by atoms with van der Waals surface area (Å²) >= 11 is 0. The summed E-state index contributed by atoms with van der Waals surface area (Å²) in [5.41, 5.74) is 4.88. The van der Waals surface area contributed by atoms with Crippen LogP contribution in [0, 0.1) is 5.92 Å². The molecule has 0 spiro atoms. The van der Waals surface area contributed by atoms with Crippen LogP contribution in [0.3, 0.4) is 0 Å². The van der Waals surface area contributed by atoms with Crippen molar-refractivity contribution in [2.75, 3.05) is 24.5 Å². The van der Waals surface area contributed by atoms with Crippen LogP contribution in [0.5, 0.6) is 0 Å². The second-order valence-electron chi connectivity index (χ2n) is 4.90. The van der Waals surface area contributed by atoms with Crippen molar-refractivity contribution < 1.29 is 13.2 Å². The number of aromatic nitrogens is 1. The van der Waals surface area contributed by atoms with E-state index in [-0.39, 0.29) is 5.82 Å². The summed E-state index contributed by atoms with van der Waals surface area (Å²) in [6.45, 7) is 1.81. The predicted octanol–water partition coefficient (Wildman–Crippen LogP) is 2.67. The molecule has 2 N–H and O–H groups in total. The molecule has 0 bridgehead atoms. The molecule has 0 amide bonds. The molecule has 1 aliphatic rings. The van der Waals surface area contributed by atoms with Crippen molar-refractivity contribution in [2.24, 2.45) is 11.7 Å². The van der Waals surface area contributed by atoms with Gasteiger partial charge >= 0.3 is 6.18 Å². The number of hydrogen-bond donors (Lipinski definition) is 1. The van der Waals surface area contributed by atoms with Gasteiger partial charge in [0.1, 0.15) is 5.82 Å². The monoisotopic (exact) mass is 273 g/mol. The standard InChI is InChI=1S/C13H18F3N3/c14-13(15,16)11-4-1-7-18-12(11)19-8-2-3-10(9-19)5-6-17/h1,4,7,10H,2-3,5-6,8-9,17H2. The van der Waals surface area contributed by atoms with Gasteiger partial charge in [0.05, 0.1) is 5.56 Å². The molecule has 0 radical (unpaired) electrons. The lowest BCUT2D eigenvalue weighted by atomic mass is 9.94. The molecule has 1 atom stereocenters. The average molecular weight is 273 g/mol. The zero-order valence-corrected chi connectivity index (χ0v) is 10.7. The molecule has 3 nitrogen and oxygen atoms in total. The molecule has 19 heavy (non-hydrogen) atoms. The van der Waals surface area contributed by atoms with Crippen LogP contribution in [0.15, 0.2) is 18.3 Å². The normalized spacial score (nSPS) is 20.6. The summed E-state index contributed by atoms with van der Waals surface area (Å²) in [6.07, 6.45) is -0.174. The summed E-state index contributed by atoms with van der Waals surface area (Å²) in [5, 5.41) is 0. The number of hydrogen-bond acceptors (Lipinski definition) is 3. The van der Waals surface area contributed by atoms with Gasteiger partial charge in [0.15, 0.2) is 0 Å². The highest BCUT2D eigenvalue weighted by atomic mass is 19.4. The van der Waals surface area contributed by atoms with Gasteiger partial charge in [0, 0.05) is 19.3 Å². The predicted molar refractivity (Wildman–Crippen MR) is 67.8 cm³/mol. The summed E-state index contributed by atoms with van der Waals surface area (Å²) in [5.74, 6) is 0.415. The SMILES string of the molecule is NCCC1CCCN(c2ncccc2C(F)(F)F)C1. The van der Waals surface area contributed by atoms with Gasteiger partial charge in [-0.3, -0.25) is 0 Å². The van der Waals surface area contributed by atoms with E-state index in [1.165, 1.54) is 12.3 Å². The Balaban J connectivity index is 2.21. The first-order chi connectivity index (χ1) is 9.02. The number of alkyl halides is 3. The first-order valence-electron chi connectivity index (χ1n) is 6.49. The molecule has 1 fully saturated rings. The van der Waals surface area contributed by atoms with E-state index in [1.807, 2.05) is 0 Å². The Bertz CT molecular complexity index is 418. The highest BCUT2D eigenvalue weighted by Crippen LogP contribution is 2.36. The van der Waals surface area contributed by atoms with Crippen molar-refractivity contribution in [3.8, 4) is 0 Å². The zero-order chi connectivity index (χ0) is 13.9. The van der Waals surface area contributed by atoms with E-state index in [2.05, 4.69) is 4.98 Å². The highest BCUT2D eigenvalue weighted by Gasteiger charge is 2.36. The van der Waals surface area contributed by atoms with E-state index in [9.17, 15) is 13.2 Å². The van der Waals surface area contributed by atoms with E-state index >= 15 is 0 Å². The van der Waals surface area contributed by atoms with Crippen molar-refractivity contribution in [1.29, 1.82) is 0 Å². The maximum Gasteiger partial charge on any atom is 0.419 e. The van der Waals surface area contributed by atoms with Crippen molar-refractivity contribution in [3.05, 3.63) is 23.9 Å². The van der Waals surface area contributed by atoms with Crippen LogP contribution < -0.4 is 10.6 Å². The molecule has 1 saturated heterocycles. The Morgan fingerprint density at radius 1 is 1.42 bits per heavy atom. The van der Waals surface area contributed by atoms with E-state index in [4.69, 9.17) is 5.73 Å². The molecule has 106 valence electrons. The van der Waals surface area contributed by atoms with Crippen LogP contribution in [-0.4, -0.2) is 24.6 Å². The summed E-state index contributed by atoms with van der Waals surface area (Å²) < 4.78 is 38.9. The second-order valence-corrected chi connectivity index (χ2v) is 4.90. The van der Waals surface area contributed by atoms with E-state index in [0.29, 0.717) is 25.6 Å². The van der Waals surface area contributed by atoms with Gasteiger partial charge in [-0.05, 0) is 43.9 Å². The first-order valence-corrected chi connectivity index (χ1v) is 6.49. The molecule has 2 rings (SSSR count). The van der Waals surface area contributed by atoms with Crippen molar-refractivity contribution in [3.63, 3.8) is 0 Å². The van der Waals surface area contributed by atoms with E-state index < -0.39 is 11.7 Å². The first kappa shape index (κ1) is 14.1. The van der Waals surface area contributed by atoms with E-state index in [0.717, 1.165) is 25.3 Å². The van der Waals surface area contributed by atoms with Gasteiger partial charge in [0.2, 0.25) is 0 Å². The van der Waals surface area contributed by atoms with Gasteiger partial charge in [-0.1, -0.05) is 0 Å². The second kappa shape index (κ2) is 5.77. The number of nitrogens with two attached hydrogens (primary N) is 1. The molecule has 1 unspecified atom stereocenters. The Hall–Kier alpha value is -1.30. The number of halogens is 3. The lowest BCUT2D eigenvalue weighted by molar-refractivity contribution is -0.137. The Kier molecular flexibility index (Phi) is 4.29. The molecule has 2 heterocycles. The summed E-state index contributed by atoms with van der Waals surface area (Å²) in [7, 11) is 0. The molecule has 1 aromatic rings. The highest BCUT2D eigenvalue weighted by molar-refractivity contribution is 5.48. The third kappa shape index (κ3) is 3.37. The summed E-state index contributed by atoms with van der Waals surface area (Å²) in [4.78, 5) is 5.68. The van der Waals surface area contributed by atoms with Crippen LogP contribution in [-0.2, 0) is 6.18 Å². The van der Waals surface area contributed by atoms with Crippen LogP contribution in [0.2, 0.25) is 0 Å². The van der Waals surface area contributed by atoms with Gasteiger partial charge < -0.3 is 10.6 Å². The molecular weight excluding hydrogens is 255 g/mol. The largest absolute Gasteiger partial charge is 0.419 e.